The summed E-state index contributed by atoms with van der Waals surface area (Å²) in [6.07, 6.45) is 12.6. The van der Waals surface area contributed by atoms with Gasteiger partial charge in [0.25, 0.3) is 0 Å². The van der Waals surface area contributed by atoms with Gasteiger partial charge in [-0.15, -0.1) is 0 Å². The Morgan fingerprint density at radius 3 is 2.86 bits per heavy atom. The van der Waals surface area contributed by atoms with Gasteiger partial charge in [-0.25, -0.2) is 0 Å². The van der Waals surface area contributed by atoms with Crippen LogP contribution in [0.25, 0.3) is 0 Å². The van der Waals surface area contributed by atoms with E-state index in [2.05, 4.69) is 19.1 Å². The first-order valence-electron chi connectivity index (χ1n) is 8.69. The predicted octanol–water partition coefficient (Wildman–Crippen LogP) is 3.46. The number of aliphatic hydroxyl groups excluding tert-OH is 1. The number of esters is 1. The minimum Gasteiger partial charge on any atom is -0.462 e. The molecule has 1 N–H and O–H groups in total. The first-order chi connectivity index (χ1) is 10.1. The molecule has 0 aromatic rings. The molecule has 1 saturated heterocycles. The molecule has 6 unspecified atom stereocenters. The van der Waals surface area contributed by atoms with E-state index >= 15 is 0 Å². The van der Waals surface area contributed by atoms with Crippen LogP contribution in [0.15, 0.2) is 12.2 Å². The number of fused-ring (bicyclic) bond motifs is 1. The predicted molar refractivity (Wildman–Crippen MR) is 81.6 cm³/mol. The van der Waals surface area contributed by atoms with Gasteiger partial charge in [0.1, 0.15) is 6.10 Å². The highest BCUT2D eigenvalue weighted by Crippen LogP contribution is 2.45. The number of hydrogen-bond acceptors (Lipinski definition) is 3. The summed E-state index contributed by atoms with van der Waals surface area (Å²) in [4.78, 5) is 11.4. The minimum atomic E-state index is -0.498. The van der Waals surface area contributed by atoms with Crippen molar-refractivity contribution in [1.82, 2.24) is 0 Å². The second-order valence-electron chi connectivity index (χ2n) is 7.30. The van der Waals surface area contributed by atoms with Crippen LogP contribution in [0, 0.1) is 23.7 Å². The fourth-order valence-electron chi connectivity index (χ4n) is 4.70. The third kappa shape index (κ3) is 3.50. The summed E-state index contributed by atoms with van der Waals surface area (Å²) in [5.74, 6) is 2.72. The maximum Gasteiger partial charge on any atom is 0.308 e. The molecule has 0 bridgehead atoms. The molecule has 1 aliphatic heterocycles. The van der Waals surface area contributed by atoms with Gasteiger partial charge in [0.05, 0.1) is 12.5 Å². The molecule has 1 saturated carbocycles. The summed E-state index contributed by atoms with van der Waals surface area (Å²) in [5.41, 5.74) is 0. The minimum absolute atomic E-state index is 0.0682. The van der Waals surface area contributed by atoms with Crippen molar-refractivity contribution in [3.8, 4) is 0 Å². The van der Waals surface area contributed by atoms with Crippen LogP contribution in [0.5, 0.6) is 0 Å². The first-order valence-corrected chi connectivity index (χ1v) is 8.69. The monoisotopic (exact) mass is 292 g/mol. The van der Waals surface area contributed by atoms with Gasteiger partial charge in [-0.05, 0) is 49.4 Å². The average molecular weight is 292 g/mol. The molecule has 3 rings (SSSR count). The lowest BCUT2D eigenvalue weighted by atomic mass is 9.64. The molecule has 0 spiro atoms. The summed E-state index contributed by atoms with van der Waals surface area (Å²) in [6.45, 7) is 2.33. The van der Waals surface area contributed by atoms with E-state index < -0.39 is 6.10 Å². The fraction of sp³-hybridized carbons (Fsp3) is 0.833. The van der Waals surface area contributed by atoms with Crippen LogP contribution in [0.2, 0.25) is 0 Å². The number of aliphatic hydroxyl groups is 1. The van der Waals surface area contributed by atoms with Crippen LogP contribution < -0.4 is 0 Å². The summed E-state index contributed by atoms with van der Waals surface area (Å²) in [7, 11) is 0. The average Bonchev–Trinajstić information content (AvgIpc) is 2.45. The SMILES string of the molecule is CC1C=CC2CCCCC2C1CCC1CC(O)CC(=O)O1. The van der Waals surface area contributed by atoms with Gasteiger partial charge in [0.15, 0.2) is 0 Å². The van der Waals surface area contributed by atoms with Crippen LogP contribution in [0.4, 0.5) is 0 Å². The van der Waals surface area contributed by atoms with Crippen LogP contribution in [0.1, 0.15) is 58.3 Å². The van der Waals surface area contributed by atoms with Crippen LogP contribution in [-0.2, 0) is 9.53 Å². The van der Waals surface area contributed by atoms with Crippen molar-refractivity contribution in [1.29, 1.82) is 0 Å². The normalized spacial score (nSPS) is 43.2. The van der Waals surface area contributed by atoms with E-state index in [1.54, 1.807) is 0 Å². The topological polar surface area (TPSA) is 46.5 Å². The van der Waals surface area contributed by atoms with E-state index in [9.17, 15) is 9.90 Å². The van der Waals surface area contributed by atoms with E-state index in [4.69, 9.17) is 4.74 Å². The molecule has 0 aromatic heterocycles. The van der Waals surface area contributed by atoms with E-state index in [1.807, 2.05) is 0 Å². The Kier molecular flexibility index (Phi) is 4.68. The molecule has 2 aliphatic carbocycles. The highest BCUT2D eigenvalue weighted by molar-refractivity contribution is 5.70. The number of carbonyl (C=O) groups excluding carboxylic acids is 1. The van der Waals surface area contributed by atoms with E-state index in [0.717, 1.165) is 30.6 Å². The highest BCUT2D eigenvalue weighted by atomic mass is 16.5. The summed E-state index contributed by atoms with van der Waals surface area (Å²) in [5, 5.41) is 9.71. The molecule has 6 atom stereocenters. The quantitative estimate of drug-likeness (QED) is 0.640. The molecule has 1 heterocycles. The van der Waals surface area contributed by atoms with E-state index in [1.165, 1.54) is 25.7 Å². The van der Waals surface area contributed by atoms with Gasteiger partial charge in [-0.1, -0.05) is 31.9 Å². The number of rotatable bonds is 3. The van der Waals surface area contributed by atoms with Crippen molar-refractivity contribution < 1.29 is 14.6 Å². The summed E-state index contributed by atoms with van der Waals surface area (Å²) < 4.78 is 5.40. The van der Waals surface area contributed by atoms with Crippen molar-refractivity contribution in [2.75, 3.05) is 0 Å². The molecule has 0 amide bonds. The second-order valence-corrected chi connectivity index (χ2v) is 7.30. The van der Waals surface area contributed by atoms with Gasteiger partial charge >= 0.3 is 5.97 Å². The third-order valence-corrected chi connectivity index (χ3v) is 5.82. The maximum atomic E-state index is 11.4. The Balaban J connectivity index is 1.58. The molecular formula is C18H28O3. The Labute approximate surface area is 127 Å². The molecule has 3 aliphatic rings. The fourth-order valence-corrected chi connectivity index (χ4v) is 4.70. The van der Waals surface area contributed by atoms with E-state index in [-0.39, 0.29) is 18.5 Å². The number of hydrogen-bond donors (Lipinski definition) is 1. The zero-order chi connectivity index (χ0) is 14.8. The Bertz CT molecular complexity index is 403. The molecule has 21 heavy (non-hydrogen) atoms. The first kappa shape index (κ1) is 15.1. The van der Waals surface area contributed by atoms with Crippen molar-refractivity contribution in [3.05, 3.63) is 12.2 Å². The summed E-state index contributed by atoms with van der Waals surface area (Å²) >= 11 is 0. The summed E-state index contributed by atoms with van der Waals surface area (Å²) in [6, 6.07) is 0. The van der Waals surface area contributed by atoms with Gasteiger partial charge in [0, 0.05) is 6.42 Å². The number of ether oxygens (including phenoxy) is 1. The Morgan fingerprint density at radius 2 is 2.05 bits per heavy atom. The molecule has 118 valence electrons. The van der Waals surface area contributed by atoms with Gasteiger partial charge in [-0.3, -0.25) is 4.79 Å². The zero-order valence-electron chi connectivity index (χ0n) is 13.0. The van der Waals surface area contributed by atoms with Crippen LogP contribution in [-0.4, -0.2) is 23.3 Å². The lowest BCUT2D eigenvalue weighted by Gasteiger charge is -2.42. The zero-order valence-corrected chi connectivity index (χ0v) is 13.0. The molecule has 2 fully saturated rings. The number of allylic oxidation sites excluding steroid dienone is 2. The third-order valence-electron chi connectivity index (χ3n) is 5.82. The number of cyclic esters (lactones) is 1. The van der Waals surface area contributed by atoms with Crippen LogP contribution >= 0.6 is 0 Å². The lowest BCUT2D eigenvalue weighted by Crippen LogP contribution is -2.36. The van der Waals surface area contributed by atoms with Crippen molar-refractivity contribution in [3.63, 3.8) is 0 Å². The highest BCUT2D eigenvalue weighted by Gasteiger charge is 2.36. The second kappa shape index (κ2) is 6.51. The molecule has 0 radical (unpaired) electrons. The van der Waals surface area contributed by atoms with Crippen molar-refractivity contribution in [2.45, 2.75) is 70.5 Å². The molecular weight excluding hydrogens is 264 g/mol. The molecule has 0 aromatic carbocycles. The molecule has 3 nitrogen and oxygen atoms in total. The van der Waals surface area contributed by atoms with Gasteiger partial charge < -0.3 is 9.84 Å². The standard InChI is InChI=1S/C18H28O3/c1-12-6-7-13-4-2-3-5-17(13)16(12)9-8-15-10-14(19)11-18(20)21-15/h6-7,12-17,19H,2-5,8-11H2,1H3. The smallest absolute Gasteiger partial charge is 0.308 e. The van der Waals surface area contributed by atoms with Gasteiger partial charge in [0.2, 0.25) is 0 Å². The van der Waals surface area contributed by atoms with Crippen molar-refractivity contribution in [2.24, 2.45) is 23.7 Å². The Hall–Kier alpha value is -0.830. The van der Waals surface area contributed by atoms with Gasteiger partial charge in [-0.2, -0.15) is 0 Å². The Morgan fingerprint density at radius 1 is 1.24 bits per heavy atom. The lowest BCUT2D eigenvalue weighted by molar-refractivity contribution is -0.160. The molecule has 3 heteroatoms. The van der Waals surface area contributed by atoms with Crippen LogP contribution in [0.3, 0.4) is 0 Å². The maximum absolute atomic E-state index is 11.4. The van der Waals surface area contributed by atoms with E-state index in [0.29, 0.717) is 12.3 Å². The number of carbonyl (C=O) groups is 1. The largest absolute Gasteiger partial charge is 0.462 e. The van der Waals surface area contributed by atoms with Crippen molar-refractivity contribution >= 4 is 5.97 Å².